The zero-order chi connectivity index (χ0) is 11.5. The second-order valence-electron chi connectivity index (χ2n) is 4.20. The number of nitrogens with zero attached hydrogens (tertiary/aromatic N) is 2. The third-order valence-electron chi connectivity index (χ3n) is 2.84. The Kier molecular flexibility index (Phi) is 3.05. The summed E-state index contributed by atoms with van der Waals surface area (Å²) in [6, 6.07) is 7.03. The van der Waals surface area contributed by atoms with Crippen molar-refractivity contribution in [1.82, 2.24) is 4.90 Å². The fourth-order valence-corrected chi connectivity index (χ4v) is 1.97. The average molecular weight is 221 g/mol. The molecule has 1 aliphatic rings. The van der Waals surface area contributed by atoms with Gasteiger partial charge in [-0.25, -0.2) is 0 Å². The van der Waals surface area contributed by atoms with Gasteiger partial charge in [-0.2, -0.15) is 0 Å². The van der Waals surface area contributed by atoms with E-state index in [0.29, 0.717) is 6.04 Å². The van der Waals surface area contributed by atoms with Gasteiger partial charge in [-0.05, 0) is 32.1 Å². The zero-order valence-electron chi connectivity index (χ0n) is 9.22. The lowest BCUT2D eigenvalue weighted by molar-refractivity contribution is -0.384. The van der Waals surface area contributed by atoms with Gasteiger partial charge in [0, 0.05) is 30.4 Å². The number of hydrogen-bond donors (Lipinski definition) is 1. The molecule has 1 aromatic rings. The van der Waals surface area contributed by atoms with Crippen LogP contribution in [0.5, 0.6) is 0 Å². The smallest absolute Gasteiger partial charge is 0.269 e. The van der Waals surface area contributed by atoms with Crippen LogP contribution in [0, 0.1) is 10.1 Å². The number of non-ortho nitro benzene ring substituents is 1. The van der Waals surface area contributed by atoms with Gasteiger partial charge < -0.3 is 10.2 Å². The van der Waals surface area contributed by atoms with E-state index in [0.717, 1.165) is 25.2 Å². The number of benzene rings is 1. The lowest BCUT2D eigenvalue weighted by atomic mass is 10.2. The molecule has 0 amide bonds. The van der Waals surface area contributed by atoms with Gasteiger partial charge in [0.2, 0.25) is 0 Å². The standard InChI is InChI=1S/C11H15N3O2/c1-13-7-6-10(8-13)12-9-2-4-11(5-3-9)14(15)16/h2-5,10,12H,6-8H2,1H3. The summed E-state index contributed by atoms with van der Waals surface area (Å²) in [5.74, 6) is 0. The molecule has 0 saturated carbocycles. The molecule has 1 atom stereocenters. The van der Waals surface area contributed by atoms with Crippen LogP contribution in [-0.2, 0) is 0 Å². The molecule has 5 heteroatoms. The van der Waals surface area contributed by atoms with Gasteiger partial charge in [0.05, 0.1) is 4.92 Å². The first-order valence-electron chi connectivity index (χ1n) is 5.34. The molecule has 1 heterocycles. The van der Waals surface area contributed by atoms with Crippen LogP contribution in [0.25, 0.3) is 0 Å². The van der Waals surface area contributed by atoms with Crippen LogP contribution in [0.2, 0.25) is 0 Å². The number of likely N-dealkylation sites (N-methyl/N-ethyl adjacent to an activating group) is 1. The summed E-state index contributed by atoms with van der Waals surface area (Å²) in [4.78, 5) is 12.4. The lowest BCUT2D eigenvalue weighted by Crippen LogP contribution is -2.23. The molecule has 0 aromatic heterocycles. The third kappa shape index (κ3) is 2.49. The van der Waals surface area contributed by atoms with E-state index in [9.17, 15) is 10.1 Å². The maximum absolute atomic E-state index is 10.5. The molecule has 1 aromatic carbocycles. The topological polar surface area (TPSA) is 58.4 Å². The first kappa shape index (κ1) is 10.9. The highest BCUT2D eigenvalue weighted by Gasteiger charge is 2.18. The summed E-state index contributed by atoms with van der Waals surface area (Å²) >= 11 is 0. The largest absolute Gasteiger partial charge is 0.381 e. The molecule has 1 saturated heterocycles. The molecule has 1 fully saturated rings. The molecule has 0 bridgehead atoms. The average Bonchev–Trinajstić information content (AvgIpc) is 2.65. The van der Waals surface area contributed by atoms with Crippen LogP contribution < -0.4 is 5.32 Å². The lowest BCUT2D eigenvalue weighted by Gasteiger charge is -2.13. The van der Waals surface area contributed by atoms with Gasteiger partial charge in [0.15, 0.2) is 0 Å². The van der Waals surface area contributed by atoms with Crippen LogP contribution in [0.15, 0.2) is 24.3 Å². The van der Waals surface area contributed by atoms with E-state index in [1.165, 1.54) is 12.1 Å². The number of nitro groups is 1. The number of anilines is 1. The Labute approximate surface area is 94.2 Å². The Bertz CT molecular complexity index is 377. The summed E-state index contributed by atoms with van der Waals surface area (Å²) in [5, 5.41) is 13.9. The number of likely N-dealkylation sites (tertiary alicyclic amines) is 1. The van der Waals surface area contributed by atoms with Gasteiger partial charge in [-0.15, -0.1) is 0 Å². The number of rotatable bonds is 3. The van der Waals surface area contributed by atoms with E-state index in [-0.39, 0.29) is 10.6 Å². The quantitative estimate of drug-likeness (QED) is 0.623. The maximum Gasteiger partial charge on any atom is 0.269 e. The maximum atomic E-state index is 10.5. The summed E-state index contributed by atoms with van der Waals surface area (Å²) in [6.45, 7) is 2.13. The van der Waals surface area contributed by atoms with Crippen molar-refractivity contribution in [1.29, 1.82) is 0 Å². The number of nitro benzene ring substituents is 1. The second kappa shape index (κ2) is 4.49. The van der Waals surface area contributed by atoms with Gasteiger partial charge in [0.25, 0.3) is 5.69 Å². The minimum absolute atomic E-state index is 0.133. The van der Waals surface area contributed by atoms with E-state index >= 15 is 0 Å². The van der Waals surface area contributed by atoms with Crippen molar-refractivity contribution >= 4 is 11.4 Å². The highest BCUT2D eigenvalue weighted by atomic mass is 16.6. The van der Waals surface area contributed by atoms with Crippen LogP contribution in [-0.4, -0.2) is 36.0 Å². The van der Waals surface area contributed by atoms with Gasteiger partial charge >= 0.3 is 0 Å². The molecular weight excluding hydrogens is 206 g/mol. The molecule has 0 radical (unpaired) electrons. The normalized spacial score (nSPS) is 20.9. The van der Waals surface area contributed by atoms with Crippen molar-refractivity contribution in [3.05, 3.63) is 34.4 Å². The Morgan fingerprint density at radius 1 is 1.44 bits per heavy atom. The fraction of sp³-hybridized carbons (Fsp3) is 0.455. The van der Waals surface area contributed by atoms with Crippen molar-refractivity contribution in [2.24, 2.45) is 0 Å². The van der Waals surface area contributed by atoms with E-state index in [1.54, 1.807) is 12.1 Å². The molecular formula is C11H15N3O2. The van der Waals surface area contributed by atoms with Crippen LogP contribution >= 0.6 is 0 Å². The fourth-order valence-electron chi connectivity index (χ4n) is 1.97. The van der Waals surface area contributed by atoms with E-state index in [1.807, 2.05) is 0 Å². The summed E-state index contributed by atoms with van der Waals surface area (Å²) in [7, 11) is 2.09. The van der Waals surface area contributed by atoms with Crippen LogP contribution in [0.1, 0.15) is 6.42 Å². The summed E-state index contributed by atoms with van der Waals surface area (Å²) < 4.78 is 0. The predicted octanol–water partition coefficient (Wildman–Crippen LogP) is 1.71. The van der Waals surface area contributed by atoms with E-state index < -0.39 is 0 Å². The van der Waals surface area contributed by atoms with E-state index in [4.69, 9.17) is 0 Å². The first-order chi connectivity index (χ1) is 7.65. The van der Waals surface area contributed by atoms with Crippen molar-refractivity contribution < 1.29 is 4.92 Å². The third-order valence-corrected chi connectivity index (χ3v) is 2.84. The molecule has 1 aliphatic heterocycles. The molecule has 5 nitrogen and oxygen atoms in total. The minimum atomic E-state index is -0.382. The SMILES string of the molecule is CN1CCC(Nc2ccc([N+](=O)[O-])cc2)C1. The molecule has 1 unspecified atom stereocenters. The van der Waals surface area contributed by atoms with E-state index in [2.05, 4.69) is 17.3 Å². The molecule has 0 spiro atoms. The van der Waals surface area contributed by atoms with Crippen molar-refractivity contribution in [2.45, 2.75) is 12.5 Å². The molecule has 86 valence electrons. The predicted molar refractivity (Wildman–Crippen MR) is 62.6 cm³/mol. The Balaban J connectivity index is 1.97. The van der Waals surface area contributed by atoms with Crippen LogP contribution in [0.4, 0.5) is 11.4 Å². The second-order valence-corrected chi connectivity index (χ2v) is 4.20. The number of hydrogen-bond acceptors (Lipinski definition) is 4. The molecule has 16 heavy (non-hydrogen) atoms. The van der Waals surface area contributed by atoms with Gasteiger partial charge in [-0.3, -0.25) is 10.1 Å². The van der Waals surface area contributed by atoms with Crippen molar-refractivity contribution in [3.63, 3.8) is 0 Å². The Hall–Kier alpha value is -1.62. The zero-order valence-corrected chi connectivity index (χ0v) is 9.22. The van der Waals surface area contributed by atoms with Crippen molar-refractivity contribution in [2.75, 3.05) is 25.5 Å². The monoisotopic (exact) mass is 221 g/mol. The van der Waals surface area contributed by atoms with Gasteiger partial charge in [0.1, 0.15) is 0 Å². The minimum Gasteiger partial charge on any atom is -0.381 e. The van der Waals surface area contributed by atoms with Gasteiger partial charge in [-0.1, -0.05) is 0 Å². The Morgan fingerprint density at radius 3 is 2.62 bits per heavy atom. The Morgan fingerprint density at radius 2 is 2.12 bits per heavy atom. The number of nitrogens with one attached hydrogen (secondary N) is 1. The highest BCUT2D eigenvalue weighted by molar-refractivity contribution is 5.49. The summed E-state index contributed by atoms with van der Waals surface area (Å²) in [6.07, 6.45) is 1.12. The van der Waals surface area contributed by atoms with Crippen molar-refractivity contribution in [3.8, 4) is 0 Å². The molecule has 1 N–H and O–H groups in total. The molecule has 2 rings (SSSR count). The first-order valence-corrected chi connectivity index (χ1v) is 5.34. The molecule has 0 aliphatic carbocycles. The summed E-state index contributed by atoms with van der Waals surface area (Å²) in [5.41, 5.74) is 1.08. The highest BCUT2D eigenvalue weighted by Crippen LogP contribution is 2.18. The van der Waals surface area contributed by atoms with Crippen LogP contribution in [0.3, 0.4) is 0 Å².